The number of hydrogen-bond acceptors (Lipinski definition) is 2. The number of nitrogens with zero attached hydrogens (tertiary/aromatic N) is 1. The summed E-state index contributed by atoms with van der Waals surface area (Å²) in [6, 6.07) is 14.7. The molecule has 2 heterocycles. The Bertz CT molecular complexity index is 892. The highest BCUT2D eigenvalue weighted by molar-refractivity contribution is 7.99. The van der Waals surface area contributed by atoms with Gasteiger partial charge in [0, 0.05) is 46.9 Å². The van der Waals surface area contributed by atoms with Crippen molar-refractivity contribution in [3.63, 3.8) is 0 Å². The van der Waals surface area contributed by atoms with Crippen molar-refractivity contribution in [1.29, 1.82) is 0 Å². The molecule has 1 aliphatic heterocycles. The first-order chi connectivity index (χ1) is 11.7. The topological polar surface area (TPSA) is 36.1 Å². The molecule has 1 amide bonds. The maximum Gasteiger partial charge on any atom is 0.224 e. The largest absolute Gasteiger partial charge is 0.361 e. The summed E-state index contributed by atoms with van der Waals surface area (Å²) < 4.78 is 14.0. The molecule has 0 bridgehead atoms. The monoisotopic (exact) mass is 340 g/mol. The summed E-state index contributed by atoms with van der Waals surface area (Å²) in [6.45, 7) is 0.294. The molecule has 1 N–H and O–H groups in total. The number of aromatic nitrogens is 1. The van der Waals surface area contributed by atoms with Crippen LogP contribution in [0.25, 0.3) is 10.9 Å². The van der Waals surface area contributed by atoms with Crippen molar-refractivity contribution in [2.75, 3.05) is 5.75 Å². The Kier molecular flexibility index (Phi) is 4.02. The van der Waals surface area contributed by atoms with Gasteiger partial charge < -0.3 is 9.88 Å². The first-order valence-corrected chi connectivity index (χ1v) is 8.99. The van der Waals surface area contributed by atoms with Crippen LogP contribution >= 0.6 is 11.8 Å². The minimum absolute atomic E-state index is 0.0762. The summed E-state index contributed by atoms with van der Waals surface area (Å²) in [5, 5.41) is 1.02. The highest BCUT2D eigenvalue weighted by Crippen LogP contribution is 2.41. The number of carbonyl (C=O) groups excluding carboxylic acids is 1. The van der Waals surface area contributed by atoms with E-state index in [9.17, 15) is 9.18 Å². The van der Waals surface area contributed by atoms with Gasteiger partial charge in [0.25, 0.3) is 0 Å². The molecule has 1 atom stereocenters. The fourth-order valence-electron chi connectivity index (χ4n) is 3.16. The van der Waals surface area contributed by atoms with Crippen molar-refractivity contribution in [1.82, 2.24) is 9.88 Å². The van der Waals surface area contributed by atoms with Crippen LogP contribution in [0.3, 0.4) is 0 Å². The number of carbonyl (C=O) groups is 1. The van der Waals surface area contributed by atoms with Crippen LogP contribution in [-0.2, 0) is 11.3 Å². The Balaban J connectivity index is 1.72. The van der Waals surface area contributed by atoms with Crippen molar-refractivity contribution >= 4 is 28.6 Å². The highest BCUT2D eigenvalue weighted by atomic mass is 32.2. The molecule has 1 saturated heterocycles. The number of para-hydroxylation sites is 1. The maximum atomic E-state index is 14.0. The van der Waals surface area contributed by atoms with Gasteiger partial charge in [-0.1, -0.05) is 36.4 Å². The zero-order valence-corrected chi connectivity index (χ0v) is 13.9. The molecule has 0 radical (unpaired) electrons. The van der Waals surface area contributed by atoms with Crippen LogP contribution in [-0.4, -0.2) is 21.5 Å². The third-order valence-corrected chi connectivity index (χ3v) is 5.64. The van der Waals surface area contributed by atoms with Crippen molar-refractivity contribution < 1.29 is 9.18 Å². The van der Waals surface area contributed by atoms with Crippen LogP contribution in [0.1, 0.15) is 22.9 Å². The van der Waals surface area contributed by atoms with E-state index in [2.05, 4.69) is 11.1 Å². The lowest BCUT2D eigenvalue weighted by Gasteiger charge is -2.35. The number of aromatic amines is 1. The first kappa shape index (κ1) is 15.3. The van der Waals surface area contributed by atoms with E-state index in [1.54, 1.807) is 34.9 Å². The van der Waals surface area contributed by atoms with Gasteiger partial charge in [-0.05, 0) is 12.1 Å². The number of benzene rings is 2. The van der Waals surface area contributed by atoms with E-state index in [1.807, 2.05) is 24.4 Å². The summed E-state index contributed by atoms with van der Waals surface area (Å²) in [7, 11) is 0. The van der Waals surface area contributed by atoms with Crippen LogP contribution in [0.15, 0.2) is 54.7 Å². The molecular weight excluding hydrogens is 323 g/mol. The summed E-state index contributed by atoms with van der Waals surface area (Å²) in [4.78, 5) is 17.6. The molecule has 3 nitrogen and oxygen atoms in total. The lowest BCUT2D eigenvalue weighted by Crippen LogP contribution is -2.36. The Hall–Kier alpha value is -2.27. The van der Waals surface area contributed by atoms with E-state index >= 15 is 0 Å². The number of rotatable bonds is 3. The summed E-state index contributed by atoms with van der Waals surface area (Å²) in [5.41, 5.74) is 2.69. The predicted octanol–water partition coefficient (Wildman–Crippen LogP) is 4.47. The average Bonchev–Trinajstić information content (AvgIpc) is 3.02. The standard InChI is InChI=1S/C19H17FN2OS/c20-16-7-3-1-5-13(16)12-22-18(23)9-10-24-19(22)15-11-21-17-8-4-2-6-14(15)17/h1-8,11,19,21H,9-10,12H2. The normalized spacial score (nSPS) is 18.3. The van der Waals surface area contributed by atoms with Crippen molar-refractivity contribution in [3.05, 3.63) is 71.7 Å². The molecular formula is C19H17FN2OS. The molecule has 0 saturated carbocycles. The smallest absolute Gasteiger partial charge is 0.224 e. The number of fused-ring (bicyclic) bond motifs is 1. The fraction of sp³-hybridized carbons (Fsp3) is 0.211. The maximum absolute atomic E-state index is 14.0. The number of hydrogen-bond donors (Lipinski definition) is 1. The number of H-pyrrole nitrogens is 1. The van der Waals surface area contributed by atoms with Crippen LogP contribution in [0.4, 0.5) is 4.39 Å². The quantitative estimate of drug-likeness (QED) is 0.763. The van der Waals surface area contributed by atoms with Crippen LogP contribution < -0.4 is 0 Å². The first-order valence-electron chi connectivity index (χ1n) is 7.94. The highest BCUT2D eigenvalue weighted by Gasteiger charge is 2.31. The van der Waals surface area contributed by atoms with Gasteiger partial charge in [-0.25, -0.2) is 4.39 Å². The van der Waals surface area contributed by atoms with Gasteiger partial charge >= 0.3 is 0 Å². The summed E-state index contributed by atoms with van der Waals surface area (Å²) in [5.74, 6) is 0.599. The molecule has 5 heteroatoms. The second-order valence-corrected chi connectivity index (χ2v) is 7.06. The molecule has 122 valence electrons. The summed E-state index contributed by atoms with van der Waals surface area (Å²) >= 11 is 1.74. The second-order valence-electron chi connectivity index (χ2n) is 5.88. The zero-order valence-electron chi connectivity index (χ0n) is 13.0. The van der Waals surface area contributed by atoms with Gasteiger partial charge in [-0.2, -0.15) is 0 Å². The minimum atomic E-state index is -0.265. The lowest BCUT2D eigenvalue weighted by molar-refractivity contribution is -0.132. The van der Waals surface area contributed by atoms with Crippen LogP contribution in [0, 0.1) is 5.82 Å². The Morgan fingerprint density at radius 2 is 1.96 bits per heavy atom. The van der Waals surface area contributed by atoms with E-state index in [0.29, 0.717) is 18.5 Å². The Labute approximate surface area is 143 Å². The number of halogens is 1. The van der Waals surface area contributed by atoms with E-state index in [1.165, 1.54) is 6.07 Å². The van der Waals surface area contributed by atoms with E-state index in [-0.39, 0.29) is 17.1 Å². The SMILES string of the molecule is O=C1CCSC(c2c[nH]c3ccccc23)N1Cc1ccccc1F. The number of nitrogens with one attached hydrogen (secondary N) is 1. The molecule has 1 aliphatic rings. The molecule has 3 aromatic rings. The average molecular weight is 340 g/mol. The van der Waals surface area contributed by atoms with Gasteiger partial charge in [0.2, 0.25) is 5.91 Å². The summed E-state index contributed by atoms with van der Waals surface area (Å²) in [6.07, 6.45) is 2.47. The van der Waals surface area contributed by atoms with Gasteiger partial charge in [0.05, 0.1) is 0 Å². The van der Waals surface area contributed by atoms with Crippen molar-refractivity contribution in [2.45, 2.75) is 18.3 Å². The van der Waals surface area contributed by atoms with Crippen molar-refractivity contribution in [2.24, 2.45) is 0 Å². The lowest BCUT2D eigenvalue weighted by atomic mass is 10.1. The fourth-order valence-corrected chi connectivity index (χ4v) is 4.42. The molecule has 1 aromatic heterocycles. The number of thioether (sulfide) groups is 1. The molecule has 2 aromatic carbocycles. The van der Waals surface area contributed by atoms with Gasteiger partial charge in [-0.15, -0.1) is 11.8 Å². The molecule has 1 unspecified atom stereocenters. The van der Waals surface area contributed by atoms with Crippen molar-refractivity contribution in [3.8, 4) is 0 Å². The molecule has 1 fully saturated rings. The zero-order chi connectivity index (χ0) is 16.5. The second kappa shape index (κ2) is 6.32. The van der Waals surface area contributed by atoms with Gasteiger partial charge in [0.1, 0.15) is 11.2 Å². The molecule has 0 aliphatic carbocycles. The Morgan fingerprint density at radius 1 is 1.17 bits per heavy atom. The van der Waals surface area contributed by atoms with E-state index in [4.69, 9.17) is 0 Å². The number of amides is 1. The predicted molar refractivity (Wildman–Crippen MR) is 95.1 cm³/mol. The molecule has 0 spiro atoms. The van der Waals surface area contributed by atoms with E-state index in [0.717, 1.165) is 22.2 Å². The Morgan fingerprint density at radius 3 is 2.83 bits per heavy atom. The third-order valence-electron chi connectivity index (χ3n) is 4.38. The van der Waals surface area contributed by atoms with Crippen LogP contribution in [0.5, 0.6) is 0 Å². The minimum Gasteiger partial charge on any atom is -0.361 e. The van der Waals surface area contributed by atoms with E-state index < -0.39 is 0 Å². The molecule has 24 heavy (non-hydrogen) atoms. The third kappa shape index (κ3) is 2.69. The molecule has 4 rings (SSSR count). The van der Waals surface area contributed by atoms with Crippen LogP contribution in [0.2, 0.25) is 0 Å². The van der Waals surface area contributed by atoms with Gasteiger partial charge in [0.15, 0.2) is 0 Å². The van der Waals surface area contributed by atoms with Gasteiger partial charge in [-0.3, -0.25) is 4.79 Å².